The van der Waals surface area contributed by atoms with Crippen molar-refractivity contribution < 1.29 is 9.53 Å². The Hall–Kier alpha value is -1.59. The number of H-pyrrole nitrogens is 1. The highest BCUT2D eigenvalue weighted by Crippen LogP contribution is 2.26. The van der Waals surface area contributed by atoms with Crippen molar-refractivity contribution >= 4 is 11.9 Å². The van der Waals surface area contributed by atoms with Gasteiger partial charge in [-0.05, 0) is 24.7 Å². The minimum Gasteiger partial charge on any atom is -0.463 e. The monoisotopic (exact) mass is 268 g/mol. The van der Waals surface area contributed by atoms with Gasteiger partial charge in [0.2, 0.25) is 11.9 Å². The molecule has 0 spiro atoms. The number of carbonyl (C=O) groups is 1. The molecule has 0 fully saturated rings. The van der Waals surface area contributed by atoms with Crippen molar-refractivity contribution in [3.05, 3.63) is 0 Å². The second-order valence-corrected chi connectivity index (χ2v) is 6.02. The molecule has 0 radical (unpaired) electrons. The topological polar surface area (TPSA) is 79.9 Å². The second kappa shape index (κ2) is 6.54. The van der Waals surface area contributed by atoms with Gasteiger partial charge in [-0.1, -0.05) is 27.7 Å². The number of nitrogens with zero attached hydrogens (tertiary/aromatic N) is 2. The molecule has 108 valence electrons. The lowest BCUT2D eigenvalue weighted by Crippen LogP contribution is -2.19. The molecular formula is C13H24N4O2. The number of amides is 1. The van der Waals surface area contributed by atoms with E-state index in [9.17, 15) is 4.79 Å². The molecule has 2 N–H and O–H groups in total. The molecule has 19 heavy (non-hydrogen) atoms. The molecule has 0 saturated carbocycles. The van der Waals surface area contributed by atoms with Gasteiger partial charge in [-0.2, -0.15) is 4.98 Å². The molecule has 1 aromatic heterocycles. The highest BCUT2D eigenvalue weighted by Gasteiger charge is 2.18. The number of anilines is 1. The summed E-state index contributed by atoms with van der Waals surface area (Å²) >= 11 is 0. The number of hydrogen-bond acceptors (Lipinski definition) is 4. The largest absolute Gasteiger partial charge is 0.463 e. The maximum Gasteiger partial charge on any atom is 0.337 e. The van der Waals surface area contributed by atoms with Crippen molar-refractivity contribution in [3.63, 3.8) is 0 Å². The van der Waals surface area contributed by atoms with E-state index in [1.54, 1.807) is 0 Å². The van der Waals surface area contributed by atoms with Crippen LogP contribution in [-0.2, 0) is 4.79 Å². The van der Waals surface area contributed by atoms with Gasteiger partial charge in [0, 0.05) is 6.42 Å². The van der Waals surface area contributed by atoms with E-state index in [0.29, 0.717) is 24.9 Å². The lowest BCUT2D eigenvalue weighted by Gasteiger charge is -2.22. The molecule has 0 aliphatic carbocycles. The normalized spacial score (nSPS) is 13.1. The second-order valence-electron chi connectivity index (χ2n) is 6.02. The highest BCUT2D eigenvalue weighted by molar-refractivity contribution is 5.89. The Morgan fingerprint density at radius 1 is 1.47 bits per heavy atom. The van der Waals surface area contributed by atoms with Gasteiger partial charge in [-0.15, -0.1) is 5.10 Å². The fourth-order valence-electron chi connectivity index (χ4n) is 2.11. The summed E-state index contributed by atoms with van der Waals surface area (Å²) in [5.74, 6) is 0.599. The van der Waals surface area contributed by atoms with Crippen LogP contribution in [0.4, 0.5) is 5.95 Å². The molecule has 1 amide bonds. The number of ether oxygens (including phenoxy) is 1. The highest BCUT2D eigenvalue weighted by atomic mass is 16.5. The molecule has 0 aliphatic rings. The predicted octanol–water partition coefficient (Wildman–Crippen LogP) is 2.60. The molecular weight excluding hydrogens is 244 g/mol. The average molecular weight is 268 g/mol. The molecule has 1 atom stereocenters. The summed E-state index contributed by atoms with van der Waals surface area (Å²) in [6, 6.07) is 0.250. The van der Waals surface area contributed by atoms with Crippen molar-refractivity contribution in [1.82, 2.24) is 15.2 Å². The van der Waals surface area contributed by atoms with Crippen LogP contribution in [0.1, 0.15) is 47.5 Å². The first kappa shape index (κ1) is 15.5. The zero-order valence-electron chi connectivity index (χ0n) is 12.4. The first-order valence-corrected chi connectivity index (χ1v) is 6.65. The van der Waals surface area contributed by atoms with Crippen molar-refractivity contribution in [2.45, 2.75) is 47.5 Å². The lowest BCUT2D eigenvalue weighted by molar-refractivity contribution is -0.117. The number of aromatic amines is 1. The molecule has 1 rings (SSSR count). The van der Waals surface area contributed by atoms with E-state index in [-0.39, 0.29) is 17.3 Å². The standard InChI is InChI=1S/C13H24N4O2/c1-6-19-12-15-11(16-17-12)14-10(18)7-9(2)8-13(3,4)5/h9H,6-8H2,1-5H3,(H2,14,15,16,17,18). The van der Waals surface area contributed by atoms with Crippen molar-refractivity contribution in [3.8, 4) is 6.01 Å². The summed E-state index contributed by atoms with van der Waals surface area (Å²) in [6.45, 7) is 10.9. The van der Waals surface area contributed by atoms with Crippen LogP contribution in [-0.4, -0.2) is 27.7 Å². The van der Waals surface area contributed by atoms with Crippen LogP contribution in [0.2, 0.25) is 0 Å². The van der Waals surface area contributed by atoms with Crippen molar-refractivity contribution in [2.24, 2.45) is 11.3 Å². The van der Waals surface area contributed by atoms with E-state index in [4.69, 9.17) is 4.74 Å². The molecule has 0 bridgehead atoms. The van der Waals surface area contributed by atoms with Crippen LogP contribution in [0.5, 0.6) is 6.01 Å². The number of carbonyl (C=O) groups excluding carboxylic acids is 1. The number of nitrogens with one attached hydrogen (secondary N) is 2. The number of hydrogen-bond donors (Lipinski definition) is 2. The van der Waals surface area contributed by atoms with E-state index in [1.807, 2.05) is 6.92 Å². The summed E-state index contributed by atoms with van der Waals surface area (Å²) in [6.07, 6.45) is 1.48. The summed E-state index contributed by atoms with van der Waals surface area (Å²) in [4.78, 5) is 15.8. The first-order valence-electron chi connectivity index (χ1n) is 6.65. The lowest BCUT2D eigenvalue weighted by atomic mass is 9.84. The van der Waals surface area contributed by atoms with E-state index in [0.717, 1.165) is 6.42 Å². The van der Waals surface area contributed by atoms with Crippen LogP contribution >= 0.6 is 0 Å². The quantitative estimate of drug-likeness (QED) is 0.831. The van der Waals surface area contributed by atoms with Gasteiger partial charge in [-0.25, -0.2) is 5.10 Å². The predicted molar refractivity (Wildman–Crippen MR) is 74.0 cm³/mol. The molecule has 6 nitrogen and oxygen atoms in total. The molecule has 1 unspecified atom stereocenters. The molecule has 1 heterocycles. The van der Waals surface area contributed by atoms with Gasteiger partial charge in [0.1, 0.15) is 0 Å². The first-order chi connectivity index (χ1) is 8.80. The fourth-order valence-corrected chi connectivity index (χ4v) is 2.11. The van der Waals surface area contributed by atoms with Crippen LogP contribution in [0.3, 0.4) is 0 Å². The van der Waals surface area contributed by atoms with Gasteiger partial charge >= 0.3 is 6.01 Å². The minimum atomic E-state index is -0.0593. The Bertz CT molecular complexity index is 409. The third-order valence-corrected chi connectivity index (χ3v) is 2.49. The summed E-state index contributed by atoms with van der Waals surface area (Å²) in [7, 11) is 0. The van der Waals surface area contributed by atoms with Gasteiger partial charge in [0.25, 0.3) is 0 Å². The van der Waals surface area contributed by atoms with Gasteiger partial charge in [0.15, 0.2) is 0 Å². The Balaban J connectivity index is 2.41. The van der Waals surface area contributed by atoms with Gasteiger partial charge in [0.05, 0.1) is 6.61 Å². The Morgan fingerprint density at radius 2 is 2.16 bits per heavy atom. The Kier molecular flexibility index (Phi) is 5.32. The number of rotatable bonds is 6. The molecule has 0 aromatic carbocycles. The summed E-state index contributed by atoms with van der Waals surface area (Å²) < 4.78 is 5.11. The third kappa shape index (κ3) is 6.22. The zero-order valence-corrected chi connectivity index (χ0v) is 12.4. The maximum absolute atomic E-state index is 11.8. The maximum atomic E-state index is 11.8. The zero-order chi connectivity index (χ0) is 14.5. The number of aromatic nitrogens is 3. The van der Waals surface area contributed by atoms with E-state index in [2.05, 4.69) is 48.2 Å². The van der Waals surface area contributed by atoms with E-state index in [1.165, 1.54) is 0 Å². The summed E-state index contributed by atoms with van der Waals surface area (Å²) in [5, 5.41) is 9.14. The molecule has 6 heteroatoms. The van der Waals surface area contributed by atoms with Crippen LogP contribution in [0, 0.1) is 11.3 Å². The van der Waals surface area contributed by atoms with Crippen LogP contribution in [0.25, 0.3) is 0 Å². The fraction of sp³-hybridized carbons (Fsp3) is 0.769. The smallest absolute Gasteiger partial charge is 0.337 e. The van der Waals surface area contributed by atoms with Crippen LogP contribution < -0.4 is 10.1 Å². The van der Waals surface area contributed by atoms with Crippen molar-refractivity contribution in [2.75, 3.05) is 11.9 Å². The van der Waals surface area contributed by atoms with E-state index < -0.39 is 0 Å². The van der Waals surface area contributed by atoms with Gasteiger partial charge in [-0.3, -0.25) is 10.1 Å². The molecule has 0 aliphatic heterocycles. The summed E-state index contributed by atoms with van der Waals surface area (Å²) in [5.41, 5.74) is 0.230. The van der Waals surface area contributed by atoms with E-state index >= 15 is 0 Å². The molecule has 0 saturated heterocycles. The van der Waals surface area contributed by atoms with Crippen molar-refractivity contribution in [1.29, 1.82) is 0 Å². The third-order valence-electron chi connectivity index (χ3n) is 2.49. The van der Waals surface area contributed by atoms with Gasteiger partial charge < -0.3 is 4.74 Å². The minimum absolute atomic E-state index is 0.0593. The Labute approximate surface area is 114 Å². The SMILES string of the molecule is CCOc1n[nH]c(NC(=O)CC(C)CC(C)(C)C)n1. The molecule has 1 aromatic rings. The average Bonchev–Trinajstić information content (AvgIpc) is 2.62. The Morgan fingerprint density at radius 3 is 2.74 bits per heavy atom. The van der Waals surface area contributed by atoms with Crippen LogP contribution in [0.15, 0.2) is 0 Å².